The standard InChI is InChI=1S/C26H31N5O3/c1-18-8-9-23(34-4)22(16-18)31-11-10-21(28-31)26(33)30-14-12-29(13-15-30)17-24(32)27-25-19(2)6-5-7-20(25)3/h5-11,16H,12-15,17H2,1-4H3,(H,27,32). The van der Waals surface area contributed by atoms with Gasteiger partial charge >= 0.3 is 0 Å². The molecule has 0 atom stereocenters. The van der Waals surface area contributed by atoms with E-state index in [1.165, 1.54) is 0 Å². The summed E-state index contributed by atoms with van der Waals surface area (Å²) in [5.41, 5.74) is 5.24. The molecular formula is C26H31N5O3. The molecule has 8 nitrogen and oxygen atoms in total. The van der Waals surface area contributed by atoms with Gasteiger partial charge in [0.25, 0.3) is 5.91 Å². The van der Waals surface area contributed by atoms with Crippen LogP contribution >= 0.6 is 0 Å². The zero-order valence-electron chi connectivity index (χ0n) is 20.2. The van der Waals surface area contributed by atoms with Crippen molar-refractivity contribution in [3.05, 3.63) is 71.0 Å². The third-order valence-corrected chi connectivity index (χ3v) is 6.16. The lowest BCUT2D eigenvalue weighted by Crippen LogP contribution is -2.50. The minimum atomic E-state index is -0.106. The summed E-state index contributed by atoms with van der Waals surface area (Å²) < 4.78 is 7.11. The van der Waals surface area contributed by atoms with Crippen LogP contribution in [-0.2, 0) is 4.79 Å². The molecule has 0 spiro atoms. The first-order valence-electron chi connectivity index (χ1n) is 11.4. The fraction of sp³-hybridized carbons (Fsp3) is 0.346. The van der Waals surface area contributed by atoms with Gasteiger partial charge in [-0.3, -0.25) is 14.5 Å². The van der Waals surface area contributed by atoms with Crippen molar-refractivity contribution in [2.75, 3.05) is 45.2 Å². The van der Waals surface area contributed by atoms with Crippen LogP contribution < -0.4 is 10.1 Å². The molecule has 34 heavy (non-hydrogen) atoms. The number of nitrogens with zero attached hydrogens (tertiary/aromatic N) is 4. The predicted octanol–water partition coefficient (Wildman–Crippen LogP) is 3.20. The molecule has 2 aromatic carbocycles. The number of ether oxygens (including phenoxy) is 1. The molecule has 1 saturated heterocycles. The molecule has 3 aromatic rings. The second-order valence-electron chi connectivity index (χ2n) is 8.70. The van der Waals surface area contributed by atoms with E-state index in [-0.39, 0.29) is 11.8 Å². The van der Waals surface area contributed by atoms with E-state index in [0.29, 0.717) is 44.2 Å². The van der Waals surface area contributed by atoms with Crippen molar-refractivity contribution in [1.82, 2.24) is 19.6 Å². The van der Waals surface area contributed by atoms with E-state index in [0.717, 1.165) is 28.1 Å². The number of aromatic nitrogens is 2. The zero-order chi connectivity index (χ0) is 24.2. The summed E-state index contributed by atoms with van der Waals surface area (Å²) >= 11 is 0. The van der Waals surface area contributed by atoms with E-state index >= 15 is 0 Å². The number of para-hydroxylation sites is 1. The summed E-state index contributed by atoms with van der Waals surface area (Å²) in [6.07, 6.45) is 1.78. The Bertz CT molecular complexity index is 1170. The molecule has 0 bridgehead atoms. The topological polar surface area (TPSA) is 79.7 Å². The number of nitrogens with one attached hydrogen (secondary N) is 1. The van der Waals surface area contributed by atoms with Gasteiger partial charge in [0.05, 0.1) is 13.7 Å². The summed E-state index contributed by atoms with van der Waals surface area (Å²) in [7, 11) is 1.62. The molecule has 0 saturated carbocycles. The number of amides is 2. The van der Waals surface area contributed by atoms with E-state index in [9.17, 15) is 9.59 Å². The molecule has 4 rings (SSSR count). The van der Waals surface area contributed by atoms with Crippen molar-refractivity contribution < 1.29 is 14.3 Å². The Morgan fingerprint density at radius 2 is 1.71 bits per heavy atom. The predicted molar refractivity (Wildman–Crippen MR) is 132 cm³/mol. The van der Waals surface area contributed by atoms with Crippen LogP contribution in [0.3, 0.4) is 0 Å². The van der Waals surface area contributed by atoms with Crippen molar-refractivity contribution in [3.63, 3.8) is 0 Å². The van der Waals surface area contributed by atoms with E-state index in [2.05, 4.69) is 15.3 Å². The quantitative estimate of drug-likeness (QED) is 0.610. The van der Waals surface area contributed by atoms with Crippen molar-refractivity contribution in [1.29, 1.82) is 0 Å². The number of hydrogen-bond acceptors (Lipinski definition) is 5. The van der Waals surface area contributed by atoms with Gasteiger partial charge in [-0.25, -0.2) is 4.68 Å². The van der Waals surface area contributed by atoms with E-state index in [1.807, 2.05) is 57.2 Å². The molecule has 1 aromatic heterocycles. The summed E-state index contributed by atoms with van der Waals surface area (Å²) in [5.74, 6) is 0.550. The van der Waals surface area contributed by atoms with Crippen LogP contribution in [0.5, 0.6) is 5.75 Å². The lowest BCUT2D eigenvalue weighted by atomic mass is 10.1. The minimum absolute atomic E-state index is 0.0389. The van der Waals surface area contributed by atoms with Crippen LogP contribution in [0.1, 0.15) is 27.2 Å². The number of carbonyl (C=O) groups excluding carboxylic acids is 2. The molecule has 1 aliphatic heterocycles. The number of methoxy groups -OCH3 is 1. The molecule has 0 radical (unpaired) electrons. The largest absolute Gasteiger partial charge is 0.494 e. The first-order valence-corrected chi connectivity index (χ1v) is 11.4. The smallest absolute Gasteiger partial charge is 0.274 e. The van der Waals surface area contributed by atoms with Crippen molar-refractivity contribution in [3.8, 4) is 11.4 Å². The van der Waals surface area contributed by atoms with Crippen molar-refractivity contribution in [2.24, 2.45) is 0 Å². The molecular weight excluding hydrogens is 430 g/mol. The van der Waals surface area contributed by atoms with Crippen LogP contribution in [0, 0.1) is 20.8 Å². The van der Waals surface area contributed by atoms with Crippen LogP contribution in [0.15, 0.2) is 48.7 Å². The second kappa shape index (κ2) is 10.1. The Morgan fingerprint density at radius 1 is 1.00 bits per heavy atom. The minimum Gasteiger partial charge on any atom is -0.494 e. The maximum absolute atomic E-state index is 13.0. The number of carbonyl (C=O) groups is 2. The maximum Gasteiger partial charge on any atom is 0.274 e. The van der Waals surface area contributed by atoms with Crippen LogP contribution in [-0.4, -0.2) is 71.2 Å². The fourth-order valence-corrected chi connectivity index (χ4v) is 4.22. The highest BCUT2D eigenvalue weighted by Gasteiger charge is 2.25. The molecule has 0 aliphatic carbocycles. The van der Waals surface area contributed by atoms with Gasteiger partial charge in [-0.15, -0.1) is 0 Å². The van der Waals surface area contributed by atoms with Crippen LogP contribution in [0.2, 0.25) is 0 Å². The molecule has 2 amide bonds. The Balaban J connectivity index is 1.34. The van der Waals surface area contributed by atoms with Gasteiger partial charge in [0.2, 0.25) is 5.91 Å². The summed E-state index contributed by atoms with van der Waals surface area (Å²) in [5, 5.41) is 7.54. The highest BCUT2D eigenvalue weighted by atomic mass is 16.5. The Hall–Kier alpha value is -3.65. The number of rotatable bonds is 6. The number of hydrogen-bond donors (Lipinski definition) is 1. The molecule has 8 heteroatoms. The summed E-state index contributed by atoms with van der Waals surface area (Å²) in [6.45, 7) is 8.66. The third-order valence-electron chi connectivity index (χ3n) is 6.16. The molecule has 1 aliphatic rings. The Morgan fingerprint density at radius 3 is 2.38 bits per heavy atom. The first kappa shape index (κ1) is 23.5. The molecule has 178 valence electrons. The fourth-order valence-electron chi connectivity index (χ4n) is 4.22. The summed E-state index contributed by atoms with van der Waals surface area (Å²) in [4.78, 5) is 29.5. The van der Waals surface area contributed by atoms with Gasteiger partial charge in [0, 0.05) is 38.1 Å². The molecule has 0 unspecified atom stereocenters. The zero-order valence-corrected chi connectivity index (χ0v) is 20.2. The third kappa shape index (κ3) is 5.12. The lowest BCUT2D eigenvalue weighted by Gasteiger charge is -2.34. The molecule has 2 heterocycles. The molecule has 1 fully saturated rings. The van der Waals surface area contributed by atoms with Crippen LogP contribution in [0.4, 0.5) is 5.69 Å². The number of benzene rings is 2. The van der Waals surface area contributed by atoms with Crippen molar-refractivity contribution in [2.45, 2.75) is 20.8 Å². The van der Waals surface area contributed by atoms with E-state index in [4.69, 9.17) is 4.74 Å². The highest BCUT2D eigenvalue weighted by Crippen LogP contribution is 2.24. The van der Waals surface area contributed by atoms with Crippen molar-refractivity contribution >= 4 is 17.5 Å². The van der Waals surface area contributed by atoms with Gasteiger partial charge in [-0.1, -0.05) is 24.3 Å². The molecule has 1 N–H and O–H groups in total. The number of aryl methyl sites for hydroxylation is 3. The first-order chi connectivity index (χ1) is 16.4. The summed E-state index contributed by atoms with van der Waals surface area (Å²) in [6, 6.07) is 13.5. The maximum atomic E-state index is 13.0. The normalized spacial score (nSPS) is 14.2. The Kier molecular flexibility index (Phi) is 6.98. The lowest BCUT2D eigenvalue weighted by molar-refractivity contribution is -0.117. The SMILES string of the molecule is COc1ccc(C)cc1-n1ccc(C(=O)N2CCN(CC(=O)Nc3c(C)cccc3C)CC2)n1. The van der Waals surface area contributed by atoms with Gasteiger partial charge in [-0.2, -0.15) is 5.10 Å². The van der Waals surface area contributed by atoms with E-state index < -0.39 is 0 Å². The number of piperazine rings is 1. The Labute approximate surface area is 200 Å². The van der Waals surface area contributed by atoms with Gasteiger partial charge in [0.1, 0.15) is 11.4 Å². The average molecular weight is 462 g/mol. The van der Waals surface area contributed by atoms with E-state index in [1.54, 1.807) is 29.0 Å². The highest BCUT2D eigenvalue weighted by molar-refractivity contribution is 5.94. The second-order valence-corrected chi connectivity index (χ2v) is 8.70. The van der Waals surface area contributed by atoms with Crippen LogP contribution in [0.25, 0.3) is 5.69 Å². The average Bonchev–Trinajstić information content (AvgIpc) is 3.32. The van der Waals surface area contributed by atoms with Gasteiger partial charge in [0.15, 0.2) is 5.69 Å². The number of anilines is 1. The van der Waals surface area contributed by atoms with Gasteiger partial charge < -0.3 is 15.0 Å². The van der Waals surface area contributed by atoms with Gasteiger partial charge in [-0.05, 0) is 55.7 Å². The monoisotopic (exact) mass is 461 g/mol.